The van der Waals surface area contributed by atoms with Gasteiger partial charge in [-0.15, -0.1) is 0 Å². The molecular formula is C20H19N2O3-. The van der Waals surface area contributed by atoms with Gasteiger partial charge >= 0.3 is 0 Å². The Morgan fingerprint density at radius 1 is 1.20 bits per heavy atom. The first-order chi connectivity index (χ1) is 12.0. The number of allylic oxidation sites excluding steroid dienone is 3. The third-order valence-corrected chi connectivity index (χ3v) is 4.15. The van der Waals surface area contributed by atoms with Crippen molar-refractivity contribution in [1.82, 2.24) is 0 Å². The Kier molecular flexibility index (Phi) is 4.39. The first-order valence-corrected chi connectivity index (χ1v) is 7.78. The summed E-state index contributed by atoms with van der Waals surface area (Å²) in [5, 5.41) is 21.4. The lowest BCUT2D eigenvalue weighted by Crippen LogP contribution is -2.21. The molecule has 0 radical (unpaired) electrons. The molecule has 3 N–H and O–H groups in total. The molecule has 0 bridgehead atoms. The molecular weight excluding hydrogens is 316 g/mol. The topological polar surface area (TPSA) is 81.8 Å². The van der Waals surface area contributed by atoms with E-state index in [-0.39, 0.29) is 11.6 Å². The zero-order valence-corrected chi connectivity index (χ0v) is 14.1. The van der Waals surface area contributed by atoms with Gasteiger partial charge in [-0.25, -0.2) is 0 Å². The van der Waals surface area contributed by atoms with Crippen LogP contribution in [0.5, 0.6) is 11.5 Å². The fraction of sp³-hybridized carbons (Fsp3) is 0.100. The Labute approximate surface area is 146 Å². The minimum absolute atomic E-state index is 0.152. The molecule has 0 aliphatic carbocycles. The van der Waals surface area contributed by atoms with Gasteiger partial charge in [0.2, 0.25) is 0 Å². The molecule has 2 aromatic rings. The van der Waals surface area contributed by atoms with E-state index in [2.05, 4.69) is 0 Å². The van der Waals surface area contributed by atoms with Gasteiger partial charge in [0.05, 0.1) is 7.11 Å². The predicted molar refractivity (Wildman–Crippen MR) is 98.1 cm³/mol. The van der Waals surface area contributed by atoms with Crippen LogP contribution in [0.25, 0.3) is 11.6 Å². The van der Waals surface area contributed by atoms with E-state index in [1.54, 1.807) is 12.1 Å². The highest BCUT2D eigenvalue weighted by atomic mass is 16.5. The first-order valence-electron chi connectivity index (χ1n) is 7.78. The Morgan fingerprint density at radius 2 is 1.96 bits per heavy atom. The smallest absolute Gasteiger partial charge is 0.189 e. The highest BCUT2D eigenvalue weighted by Gasteiger charge is 2.19. The molecule has 0 aromatic heterocycles. The highest BCUT2D eigenvalue weighted by molar-refractivity contribution is 5.89. The van der Waals surface area contributed by atoms with Gasteiger partial charge in [0.25, 0.3) is 0 Å². The van der Waals surface area contributed by atoms with Crippen molar-refractivity contribution in [3.63, 3.8) is 0 Å². The van der Waals surface area contributed by atoms with Crippen LogP contribution < -0.4 is 20.5 Å². The van der Waals surface area contributed by atoms with Gasteiger partial charge in [-0.3, -0.25) is 0 Å². The largest absolute Gasteiger partial charge is 0.870 e. The van der Waals surface area contributed by atoms with E-state index in [1.165, 1.54) is 13.2 Å². The molecule has 0 atom stereocenters. The van der Waals surface area contributed by atoms with Crippen molar-refractivity contribution in [3.05, 3.63) is 77.3 Å². The second kappa shape index (κ2) is 6.65. The molecule has 1 heterocycles. The number of fused-ring (bicyclic) bond motifs is 1. The van der Waals surface area contributed by atoms with E-state index in [4.69, 9.17) is 10.5 Å². The average molecular weight is 335 g/mol. The molecule has 5 nitrogen and oxygen atoms in total. The molecule has 5 heteroatoms. The van der Waals surface area contributed by atoms with Crippen LogP contribution in [0.3, 0.4) is 0 Å². The molecule has 0 unspecified atom stereocenters. The van der Waals surface area contributed by atoms with Gasteiger partial charge in [-0.05, 0) is 29.8 Å². The number of rotatable bonds is 3. The number of nitrogens with two attached hydrogens (primary N) is 1. The Balaban J connectivity index is 1.99. The van der Waals surface area contributed by atoms with Crippen molar-refractivity contribution >= 4 is 17.3 Å². The normalized spacial score (nSPS) is 15.8. The third kappa shape index (κ3) is 3.17. The van der Waals surface area contributed by atoms with Crippen molar-refractivity contribution in [2.75, 3.05) is 19.1 Å². The molecule has 0 fully saturated rings. The molecule has 128 valence electrons. The monoisotopic (exact) mass is 335 g/mol. The molecule has 25 heavy (non-hydrogen) atoms. The van der Waals surface area contributed by atoms with E-state index in [0.717, 1.165) is 22.5 Å². The summed E-state index contributed by atoms with van der Waals surface area (Å²) in [7, 11) is 3.42. The number of nitrogens with zero attached hydrogens (tertiary/aromatic N) is 1. The lowest BCUT2D eigenvalue weighted by atomic mass is 9.97. The van der Waals surface area contributed by atoms with Crippen molar-refractivity contribution in [1.29, 1.82) is 0 Å². The third-order valence-electron chi connectivity index (χ3n) is 4.15. The Bertz CT molecular complexity index is 894. The summed E-state index contributed by atoms with van der Waals surface area (Å²) in [4.78, 5) is 2.01. The number of benzene rings is 2. The maximum Gasteiger partial charge on any atom is 0.189 e. The van der Waals surface area contributed by atoms with Gasteiger partial charge in [-0.1, -0.05) is 42.2 Å². The van der Waals surface area contributed by atoms with Crippen LogP contribution in [0.15, 0.2) is 66.2 Å². The maximum absolute atomic E-state index is 11.6. The first kappa shape index (κ1) is 16.5. The number of ether oxygens (including phenoxy) is 1. The number of hydrogen-bond donors (Lipinski definition) is 2. The van der Waals surface area contributed by atoms with Crippen molar-refractivity contribution in [2.24, 2.45) is 5.73 Å². The van der Waals surface area contributed by atoms with Crippen LogP contribution in [-0.4, -0.2) is 19.3 Å². The number of aliphatic hydroxyl groups is 1. The SMILES string of the molecule is COc1cc(/C=C/C2=CC(=C(/N)O)/c3ccccc3N2C)ccc1[O-]. The lowest BCUT2D eigenvalue weighted by Gasteiger charge is -2.28. The molecule has 0 saturated heterocycles. The van der Waals surface area contributed by atoms with Crippen LogP contribution in [0.4, 0.5) is 5.69 Å². The van der Waals surface area contributed by atoms with Gasteiger partial charge in [-0.2, -0.15) is 0 Å². The molecule has 3 rings (SSSR count). The van der Waals surface area contributed by atoms with Crippen LogP contribution in [0.2, 0.25) is 0 Å². The van der Waals surface area contributed by atoms with Crippen LogP contribution in [-0.2, 0) is 0 Å². The summed E-state index contributed by atoms with van der Waals surface area (Å²) in [6, 6.07) is 12.6. The van der Waals surface area contributed by atoms with Crippen LogP contribution in [0.1, 0.15) is 11.1 Å². The zero-order chi connectivity index (χ0) is 18.0. The van der Waals surface area contributed by atoms with E-state index >= 15 is 0 Å². The van der Waals surface area contributed by atoms with E-state index in [1.807, 2.05) is 54.4 Å². The maximum atomic E-state index is 11.6. The van der Waals surface area contributed by atoms with E-state index in [9.17, 15) is 10.2 Å². The van der Waals surface area contributed by atoms with E-state index in [0.29, 0.717) is 11.3 Å². The fourth-order valence-corrected chi connectivity index (χ4v) is 2.80. The van der Waals surface area contributed by atoms with Crippen molar-refractivity contribution in [2.45, 2.75) is 0 Å². The molecule has 1 aliphatic heterocycles. The van der Waals surface area contributed by atoms with Crippen molar-refractivity contribution < 1.29 is 14.9 Å². The van der Waals surface area contributed by atoms with Crippen molar-refractivity contribution in [3.8, 4) is 11.5 Å². The zero-order valence-electron chi connectivity index (χ0n) is 14.1. The van der Waals surface area contributed by atoms with Gasteiger partial charge in [0.1, 0.15) is 5.75 Å². The molecule has 2 aromatic carbocycles. The van der Waals surface area contributed by atoms with Crippen LogP contribution in [0, 0.1) is 0 Å². The summed E-state index contributed by atoms with van der Waals surface area (Å²) in [5.74, 6) is -0.0664. The number of likely N-dealkylation sites (N-methyl/N-ethyl adjacent to an activating group) is 1. The second-order valence-electron chi connectivity index (χ2n) is 5.69. The lowest BCUT2D eigenvalue weighted by molar-refractivity contribution is -0.270. The standard InChI is InChI=1S/C20H20N2O3/c1-22-14(9-7-13-8-10-18(23)19(11-13)25-2)12-16(20(21)24)15-5-3-4-6-17(15)22/h3-12,23-24H,21H2,1-2H3/p-1/b9-7+,20-16+. The summed E-state index contributed by atoms with van der Waals surface area (Å²) in [6.45, 7) is 0. The summed E-state index contributed by atoms with van der Waals surface area (Å²) in [5.41, 5.74) is 9.75. The highest BCUT2D eigenvalue weighted by Crippen LogP contribution is 2.36. The second-order valence-corrected chi connectivity index (χ2v) is 5.69. The van der Waals surface area contributed by atoms with Gasteiger partial charge in [0, 0.05) is 29.6 Å². The Hall–Kier alpha value is -3.34. The molecule has 1 aliphatic rings. The Morgan fingerprint density at radius 3 is 2.68 bits per heavy atom. The van der Waals surface area contributed by atoms with E-state index < -0.39 is 0 Å². The number of aliphatic hydroxyl groups excluding tert-OH is 1. The summed E-state index contributed by atoms with van der Waals surface area (Å²) >= 11 is 0. The number of hydrogen-bond acceptors (Lipinski definition) is 5. The molecule has 0 spiro atoms. The van der Waals surface area contributed by atoms with Gasteiger partial charge < -0.3 is 25.6 Å². The van der Waals surface area contributed by atoms with Gasteiger partial charge in [0.15, 0.2) is 5.88 Å². The minimum Gasteiger partial charge on any atom is -0.870 e. The number of anilines is 1. The fourth-order valence-electron chi connectivity index (χ4n) is 2.80. The molecule has 0 amide bonds. The predicted octanol–water partition coefficient (Wildman–Crippen LogP) is 3.00. The quantitative estimate of drug-likeness (QED) is 0.843. The minimum atomic E-state index is -0.219. The summed E-state index contributed by atoms with van der Waals surface area (Å²) < 4.78 is 5.07. The number of methoxy groups -OCH3 is 1. The molecule has 0 saturated carbocycles. The summed E-state index contributed by atoms with van der Waals surface area (Å²) in [6.07, 6.45) is 5.61. The van der Waals surface area contributed by atoms with Crippen LogP contribution >= 0.6 is 0 Å². The number of para-hydroxylation sites is 1. The average Bonchev–Trinajstić information content (AvgIpc) is 2.62.